The summed E-state index contributed by atoms with van der Waals surface area (Å²) in [5, 5.41) is 11.2. The highest BCUT2D eigenvalue weighted by atomic mass is 16.5. The van der Waals surface area contributed by atoms with Gasteiger partial charge in [-0.25, -0.2) is 4.98 Å². The van der Waals surface area contributed by atoms with Crippen molar-refractivity contribution in [1.82, 2.24) is 20.3 Å². The van der Waals surface area contributed by atoms with Crippen LogP contribution in [0, 0.1) is 6.92 Å². The van der Waals surface area contributed by atoms with Crippen molar-refractivity contribution in [1.29, 1.82) is 0 Å². The molecule has 0 spiro atoms. The van der Waals surface area contributed by atoms with Crippen LogP contribution in [0.3, 0.4) is 0 Å². The Labute approximate surface area is 150 Å². The number of pyridine rings is 1. The molecule has 0 aliphatic heterocycles. The van der Waals surface area contributed by atoms with E-state index in [0.29, 0.717) is 24.7 Å². The number of rotatable bonds is 6. The van der Waals surface area contributed by atoms with Gasteiger partial charge in [0.15, 0.2) is 5.82 Å². The van der Waals surface area contributed by atoms with Crippen LogP contribution in [0.2, 0.25) is 0 Å². The lowest BCUT2D eigenvalue weighted by atomic mass is 10.1. The number of aryl methyl sites for hydroxylation is 1. The highest BCUT2D eigenvalue weighted by Crippen LogP contribution is 2.19. The second kappa shape index (κ2) is 7.18. The summed E-state index contributed by atoms with van der Waals surface area (Å²) in [6.45, 7) is 2.41. The molecule has 0 saturated carbocycles. The van der Waals surface area contributed by atoms with Crippen LogP contribution in [0.25, 0.3) is 11.5 Å². The van der Waals surface area contributed by atoms with Gasteiger partial charge in [0.2, 0.25) is 0 Å². The molecule has 0 atom stereocenters. The predicted molar refractivity (Wildman–Crippen MR) is 95.3 cm³/mol. The molecule has 1 aromatic carbocycles. The number of hydrogen-bond donors (Lipinski definition) is 1. The Morgan fingerprint density at radius 1 is 1.00 bits per heavy atom. The molecule has 1 N–H and O–H groups in total. The molecule has 0 bridgehead atoms. The van der Waals surface area contributed by atoms with Crippen LogP contribution in [-0.4, -0.2) is 20.3 Å². The summed E-state index contributed by atoms with van der Waals surface area (Å²) in [6.07, 6.45) is 2.34. The van der Waals surface area contributed by atoms with Gasteiger partial charge in [0.25, 0.3) is 5.89 Å². The van der Waals surface area contributed by atoms with Crippen molar-refractivity contribution in [2.45, 2.75) is 19.9 Å². The van der Waals surface area contributed by atoms with Gasteiger partial charge >= 0.3 is 0 Å². The van der Waals surface area contributed by atoms with Crippen LogP contribution in [0.5, 0.6) is 0 Å². The van der Waals surface area contributed by atoms with Crippen LogP contribution in [0.15, 0.2) is 63.8 Å². The van der Waals surface area contributed by atoms with Crippen molar-refractivity contribution in [2.75, 3.05) is 5.32 Å². The molecule has 0 radical (unpaired) electrons. The van der Waals surface area contributed by atoms with Crippen molar-refractivity contribution < 1.29 is 9.05 Å². The molecule has 3 aromatic heterocycles. The first-order valence-corrected chi connectivity index (χ1v) is 8.25. The van der Waals surface area contributed by atoms with Gasteiger partial charge in [-0.15, -0.1) is 0 Å². The van der Waals surface area contributed by atoms with E-state index in [0.717, 1.165) is 28.4 Å². The lowest BCUT2D eigenvalue weighted by Gasteiger charge is -2.02. The van der Waals surface area contributed by atoms with E-state index in [9.17, 15) is 0 Å². The van der Waals surface area contributed by atoms with Crippen molar-refractivity contribution >= 4 is 5.82 Å². The first-order chi connectivity index (χ1) is 12.8. The molecule has 4 rings (SSSR count). The number of aromatic nitrogens is 4. The fourth-order valence-electron chi connectivity index (χ4n) is 2.53. The molecule has 4 aromatic rings. The van der Waals surface area contributed by atoms with E-state index in [-0.39, 0.29) is 0 Å². The third-order valence-electron chi connectivity index (χ3n) is 3.81. The molecule has 0 aliphatic rings. The number of nitrogens with zero attached hydrogens (tertiary/aromatic N) is 4. The van der Waals surface area contributed by atoms with Crippen molar-refractivity contribution in [3.63, 3.8) is 0 Å². The predicted octanol–water partition coefficient (Wildman–Crippen LogP) is 3.63. The summed E-state index contributed by atoms with van der Waals surface area (Å²) < 4.78 is 10.4. The Balaban J connectivity index is 1.40. The molecule has 26 heavy (non-hydrogen) atoms. The number of nitrogens with one attached hydrogen (secondary N) is 1. The Kier molecular flexibility index (Phi) is 4.42. The summed E-state index contributed by atoms with van der Waals surface area (Å²) >= 11 is 0. The van der Waals surface area contributed by atoms with E-state index in [1.807, 2.05) is 55.5 Å². The van der Waals surface area contributed by atoms with Crippen LogP contribution in [0.4, 0.5) is 5.82 Å². The molecule has 7 nitrogen and oxygen atoms in total. The number of hydrogen-bond acceptors (Lipinski definition) is 7. The van der Waals surface area contributed by atoms with Gasteiger partial charge in [-0.05, 0) is 24.6 Å². The molecule has 7 heteroatoms. The lowest BCUT2D eigenvalue weighted by molar-refractivity contribution is 0.391. The topological polar surface area (TPSA) is 89.9 Å². The molecule has 3 heterocycles. The minimum absolute atomic E-state index is 0.460. The zero-order valence-corrected chi connectivity index (χ0v) is 14.2. The van der Waals surface area contributed by atoms with E-state index in [1.54, 1.807) is 6.20 Å². The molecule has 0 aliphatic carbocycles. The smallest absolute Gasteiger partial charge is 0.259 e. The van der Waals surface area contributed by atoms with Crippen LogP contribution >= 0.6 is 0 Å². The van der Waals surface area contributed by atoms with Crippen molar-refractivity contribution in [3.05, 3.63) is 77.6 Å². The van der Waals surface area contributed by atoms with Crippen LogP contribution in [-0.2, 0) is 13.0 Å². The molecule has 130 valence electrons. The maximum Gasteiger partial charge on any atom is 0.259 e. The Morgan fingerprint density at radius 2 is 1.88 bits per heavy atom. The van der Waals surface area contributed by atoms with Crippen molar-refractivity contribution in [3.8, 4) is 11.5 Å². The number of benzene rings is 1. The van der Waals surface area contributed by atoms with E-state index in [1.165, 1.54) is 0 Å². The summed E-state index contributed by atoms with van der Waals surface area (Å²) in [4.78, 5) is 8.81. The van der Waals surface area contributed by atoms with E-state index in [2.05, 4.69) is 25.6 Å². The maximum atomic E-state index is 5.35. The first-order valence-electron chi connectivity index (χ1n) is 8.25. The van der Waals surface area contributed by atoms with Crippen LogP contribution < -0.4 is 5.32 Å². The summed E-state index contributed by atoms with van der Waals surface area (Å²) in [7, 11) is 0. The quantitative estimate of drug-likeness (QED) is 0.569. The van der Waals surface area contributed by atoms with Crippen LogP contribution in [0.1, 0.15) is 22.8 Å². The standard InChI is InChI=1S/C19H17N5O2/c1-13-9-16(23-25-13)12-21-17-8-7-15(11-20-17)19-22-18(24-26-19)10-14-5-3-2-4-6-14/h2-9,11H,10,12H2,1H3,(H,20,21). The average molecular weight is 347 g/mol. The summed E-state index contributed by atoms with van der Waals surface area (Å²) in [5.41, 5.74) is 2.75. The number of anilines is 1. The van der Waals surface area contributed by atoms with E-state index >= 15 is 0 Å². The molecule has 0 amide bonds. The third-order valence-corrected chi connectivity index (χ3v) is 3.81. The Morgan fingerprint density at radius 3 is 2.62 bits per heavy atom. The van der Waals surface area contributed by atoms with Gasteiger partial charge in [-0.1, -0.05) is 40.6 Å². The van der Waals surface area contributed by atoms with Gasteiger partial charge < -0.3 is 14.4 Å². The monoisotopic (exact) mass is 347 g/mol. The van der Waals surface area contributed by atoms with E-state index in [4.69, 9.17) is 9.05 Å². The molecule has 0 unspecified atom stereocenters. The zero-order chi connectivity index (χ0) is 17.8. The van der Waals surface area contributed by atoms with Crippen molar-refractivity contribution in [2.24, 2.45) is 0 Å². The zero-order valence-electron chi connectivity index (χ0n) is 14.2. The second-order valence-corrected chi connectivity index (χ2v) is 5.89. The summed E-state index contributed by atoms with van der Waals surface area (Å²) in [5.74, 6) is 2.63. The fraction of sp³-hybridized carbons (Fsp3) is 0.158. The Hall–Kier alpha value is -3.48. The summed E-state index contributed by atoms with van der Waals surface area (Å²) in [6, 6.07) is 15.7. The van der Waals surface area contributed by atoms with Gasteiger partial charge in [-0.3, -0.25) is 0 Å². The first kappa shape index (κ1) is 16.0. The van der Waals surface area contributed by atoms with Gasteiger partial charge in [0, 0.05) is 18.7 Å². The highest BCUT2D eigenvalue weighted by molar-refractivity contribution is 5.54. The maximum absolute atomic E-state index is 5.35. The SMILES string of the molecule is Cc1cc(CNc2ccc(-c3nc(Cc4ccccc4)no3)cn2)no1. The minimum Gasteiger partial charge on any atom is -0.364 e. The van der Waals surface area contributed by atoms with Gasteiger partial charge in [0.1, 0.15) is 17.3 Å². The Bertz CT molecular complexity index is 977. The largest absolute Gasteiger partial charge is 0.364 e. The molecule has 0 saturated heterocycles. The highest BCUT2D eigenvalue weighted by Gasteiger charge is 2.10. The van der Waals surface area contributed by atoms with Gasteiger partial charge in [0.05, 0.1) is 12.1 Å². The normalized spacial score (nSPS) is 10.8. The van der Waals surface area contributed by atoms with Gasteiger partial charge in [-0.2, -0.15) is 4.98 Å². The minimum atomic E-state index is 0.460. The molecule has 0 fully saturated rings. The molecular formula is C19H17N5O2. The lowest BCUT2D eigenvalue weighted by Crippen LogP contribution is -2.01. The van der Waals surface area contributed by atoms with E-state index < -0.39 is 0 Å². The molecular weight excluding hydrogens is 330 g/mol. The second-order valence-electron chi connectivity index (χ2n) is 5.89. The average Bonchev–Trinajstić information content (AvgIpc) is 3.30. The third kappa shape index (κ3) is 3.77. The fourth-order valence-corrected chi connectivity index (χ4v) is 2.53.